The zero-order chi connectivity index (χ0) is 14.8. The number of carbonyl (C=O) groups excluding carboxylic acids is 1. The van der Waals surface area contributed by atoms with Gasteiger partial charge in [0.2, 0.25) is 5.91 Å². The summed E-state index contributed by atoms with van der Waals surface area (Å²) >= 11 is 1.84. The second kappa shape index (κ2) is 7.77. The molecule has 1 aromatic rings. The lowest BCUT2D eigenvalue weighted by atomic mass is 9.97. The lowest BCUT2D eigenvalue weighted by molar-refractivity contribution is -0.136. The normalized spacial score (nSPS) is 25.5. The second-order valence-electron chi connectivity index (χ2n) is 6.08. The monoisotopic (exact) mass is 343 g/mol. The summed E-state index contributed by atoms with van der Waals surface area (Å²) in [6.45, 7) is 8.78. The molecule has 0 aliphatic carbocycles. The van der Waals surface area contributed by atoms with Crippen LogP contribution in [-0.2, 0) is 11.2 Å². The van der Waals surface area contributed by atoms with Gasteiger partial charge in [0.1, 0.15) is 0 Å². The summed E-state index contributed by atoms with van der Waals surface area (Å²) < 4.78 is 0. The summed E-state index contributed by atoms with van der Waals surface area (Å²) in [5, 5.41) is 5.55. The molecule has 0 bridgehead atoms. The van der Waals surface area contributed by atoms with Crippen molar-refractivity contribution < 1.29 is 4.79 Å². The van der Waals surface area contributed by atoms with Crippen LogP contribution >= 0.6 is 23.7 Å². The highest BCUT2D eigenvalue weighted by Gasteiger charge is 2.31. The van der Waals surface area contributed by atoms with Crippen LogP contribution in [0.5, 0.6) is 0 Å². The molecule has 124 valence electrons. The van der Waals surface area contributed by atoms with E-state index in [0.717, 1.165) is 39.0 Å². The molecular formula is C16H26ClN3OS. The maximum Gasteiger partial charge on any atom is 0.237 e. The van der Waals surface area contributed by atoms with Crippen LogP contribution in [0, 0.1) is 0 Å². The molecule has 1 N–H and O–H groups in total. The highest BCUT2D eigenvalue weighted by atomic mass is 35.5. The van der Waals surface area contributed by atoms with Crippen LogP contribution in [-0.4, -0.2) is 54.5 Å². The van der Waals surface area contributed by atoms with E-state index in [9.17, 15) is 4.79 Å². The molecule has 0 aromatic carbocycles. The van der Waals surface area contributed by atoms with Gasteiger partial charge >= 0.3 is 0 Å². The van der Waals surface area contributed by atoms with E-state index in [0.29, 0.717) is 18.5 Å². The number of thiophene rings is 1. The third-order valence-corrected chi connectivity index (χ3v) is 5.78. The van der Waals surface area contributed by atoms with Gasteiger partial charge in [0.25, 0.3) is 0 Å². The van der Waals surface area contributed by atoms with Gasteiger partial charge in [0.05, 0.1) is 12.6 Å². The van der Waals surface area contributed by atoms with Crippen LogP contribution in [0.15, 0.2) is 11.4 Å². The third-order valence-electron chi connectivity index (χ3n) is 4.78. The molecule has 1 aromatic heterocycles. The number of amides is 1. The molecule has 2 atom stereocenters. The zero-order valence-corrected chi connectivity index (χ0v) is 15.0. The Bertz CT molecular complexity index is 507. The number of carbonyl (C=O) groups is 1. The first-order valence-corrected chi connectivity index (χ1v) is 8.89. The van der Waals surface area contributed by atoms with Crippen molar-refractivity contribution in [1.82, 2.24) is 15.1 Å². The van der Waals surface area contributed by atoms with Crippen molar-refractivity contribution in [3.05, 3.63) is 21.9 Å². The van der Waals surface area contributed by atoms with Gasteiger partial charge in [0.15, 0.2) is 0 Å². The highest BCUT2D eigenvalue weighted by molar-refractivity contribution is 7.10. The number of halogens is 1. The maximum atomic E-state index is 12.8. The molecule has 3 rings (SSSR count). The summed E-state index contributed by atoms with van der Waals surface area (Å²) in [7, 11) is 0. The first-order valence-electron chi connectivity index (χ1n) is 8.01. The number of nitrogens with zero attached hydrogens (tertiary/aromatic N) is 2. The molecule has 6 heteroatoms. The van der Waals surface area contributed by atoms with E-state index in [4.69, 9.17) is 0 Å². The average Bonchev–Trinajstić information content (AvgIpc) is 2.97. The van der Waals surface area contributed by atoms with Crippen LogP contribution in [0.3, 0.4) is 0 Å². The minimum absolute atomic E-state index is 0. The van der Waals surface area contributed by atoms with E-state index in [1.165, 1.54) is 10.4 Å². The summed E-state index contributed by atoms with van der Waals surface area (Å²) in [6, 6.07) is 2.94. The first kappa shape index (κ1) is 17.7. The van der Waals surface area contributed by atoms with Gasteiger partial charge in [-0.15, -0.1) is 23.7 Å². The molecule has 2 aliphatic heterocycles. The number of piperazine rings is 1. The molecule has 22 heavy (non-hydrogen) atoms. The zero-order valence-electron chi connectivity index (χ0n) is 13.4. The number of hydrogen-bond acceptors (Lipinski definition) is 4. The van der Waals surface area contributed by atoms with Crippen molar-refractivity contribution >= 4 is 29.7 Å². The lowest BCUT2D eigenvalue weighted by Gasteiger charge is -2.39. The van der Waals surface area contributed by atoms with E-state index >= 15 is 0 Å². The predicted octanol–water partition coefficient (Wildman–Crippen LogP) is 2.30. The molecule has 4 nitrogen and oxygen atoms in total. The van der Waals surface area contributed by atoms with Crippen molar-refractivity contribution in [3.8, 4) is 0 Å². The maximum absolute atomic E-state index is 12.8. The quantitative estimate of drug-likeness (QED) is 0.914. The number of hydrogen-bond donors (Lipinski definition) is 1. The minimum Gasteiger partial charge on any atom is -0.334 e. The summed E-state index contributed by atoms with van der Waals surface area (Å²) in [5.41, 5.74) is 1.38. The molecule has 0 saturated carbocycles. The van der Waals surface area contributed by atoms with Gasteiger partial charge in [-0.25, -0.2) is 0 Å². The molecule has 1 amide bonds. The number of nitrogens with one attached hydrogen (secondary N) is 1. The third kappa shape index (κ3) is 3.48. The van der Waals surface area contributed by atoms with Crippen molar-refractivity contribution in [2.24, 2.45) is 0 Å². The Kier molecular flexibility index (Phi) is 6.26. The number of rotatable bonds is 3. The van der Waals surface area contributed by atoms with Gasteiger partial charge in [-0.05, 0) is 36.8 Å². The Morgan fingerprint density at radius 2 is 2.27 bits per heavy atom. The van der Waals surface area contributed by atoms with E-state index in [1.54, 1.807) is 0 Å². The molecule has 1 fully saturated rings. The Labute approximate surface area is 143 Å². The van der Waals surface area contributed by atoms with Crippen molar-refractivity contribution in [2.45, 2.75) is 38.8 Å². The van der Waals surface area contributed by atoms with Gasteiger partial charge < -0.3 is 10.2 Å². The fraction of sp³-hybridized carbons (Fsp3) is 0.688. The van der Waals surface area contributed by atoms with Gasteiger partial charge in [-0.1, -0.05) is 6.92 Å². The minimum atomic E-state index is 0. The molecule has 0 radical (unpaired) electrons. The smallest absolute Gasteiger partial charge is 0.237 e. The second-order valence-corrected chi connectivity index (χ2v) is 7.08. The Hall–Kier alpha value is -0.620. The predicted molar refractivity (Wildman–Crippen MR) is 93.9 cm³/mol. The van der Waals surface area contributed by atoms with Gasteiger partial charge in [-0.3, -0.25) is 9.69 Å². The van der Waals surface area contributed by atoms with E-state index < -0.39 is 0 Å². The van der Waals surface area contributed by atoms with E-state index in [2.05, 4.69) is 40.4 Å². The summed E-state index contributed by atoms with van der Waals surface area (Å²) in [5.74, 6) is 0.299. The summed E-state index contributed by atoms with van der Waals surface area (Å²) in [6.07, 6.45) is 2.03. The topological polar surface area (TPSA) is 35.6 Å². The molecule has 2 aliphatic rings. The Balaban J connectivity index is 0.00000176. The van der Waals surface area contributed by atoms with Crippen molar-refractivity contribution in [1.29, 1.82) is 0 Å². The largest absolute Gasteiger partial charge is 0.334 e. The first-order chi connectivity index (χ1) is 10.2. The molecule has 1 unspecified atom stereocenters. The van der Waals surface area contributed by atoms with Crippen LogP contribution < -0.4 is 5.32 Å². The van der Waals surface area contributed by atoms with Gasteiger partial charge in [0, 0.05) is 37.1 Å². The Morgan fingerprint density at radius 3 is 3.00 bits per heavy atom. The van der Waals surface area contributed by atoms with Crippen LogP contribution in [0.25, 0.3) is 0 Å². The fourth-order valence-electron chi connectivity index (χ4n) is 3.52. The van der Waals surface area contributed by atoms with Crippen LogP contribution in [0.4, 0.5) is 0 Å². The summed E-state index contributed by atoms with van der Waals surface area (Å²) in [4.78, 5) is 18.7. The fourth-order valence-corrected chi connectivity index (χ4v) is 4.45. The average molecular weight is 344 g/mol. The highest BCUT2D eigenvalue weighted by Crippen LogP contribution is 2.35. The SMILES string of the molecule is CCC1c2ccsc2CCN1C(=O)CN1CCNC[C@@H]1C.Cl. The van der Waals surface area contributed by atoms with E-state index in [-0.39, 0.29) is 18.4 Å². The van der Waals surface area contributed by atoms with Gasteiger partial charge in [-0.2, -0.15) is 0 Å². The van der Waals surface area contributed by atoms with Crippen LogP contribution in [0.2, 0.25) is 0 Å². The lowest BCUT2D eigenvalue weighted by Crippen LogP contribution is -2.54. The van der Waals surface area contributed by atoms with Crippen molar-refractivity contribution in [2.75, 3.05) is 32.7 Å². The number of fused-ring (bicyclic) bond motifs is 1. The van der Waals surface area contributed by atoms with E-state index in [1.807, 2.05) is 11.3 Å². The Morgan fingerprint density at radius 1 is 1.45 bits per heavy atom. The molecule has 0 spiro atoms. The van der Waals surface area contributed by atoms with Crippen LogP contribution in [0.1, 0.15) is 36.8 Å². The molecule has 3 heterocycles. The molecular weight excluding hydrogens is 318 g/mol. The van der Waals surface area contributed by atoms with Crippen molar-refractivity contribution in [3.63, 3.8) is 0 Å². The standard InChI is InChI=1S/C16H25N3OS.ClH/c1-3-14-13-5-9-21-15(13)4-7-19(14)16(20)11-18-8-6-17-10-12(18)2;/h5,9,12,14,17H,3-4,6-8,10-11H2,1-2H3;1H/t12-,14?;/m0./s1. The molecule has 1 saturated heterocycles.